The summed E-state index contributed by atoms with van der Waals surface area (Å²) in [7, 11) is 0. The molecule has 0 saturated heterocycles. The SMILES string of the molecule is CC(C(=O)NCCCCCN)C1CC1. The van der Waals surface area contributed by atoms with Gasteiger partial charge < -0.3 is 11.1 Å². The first-order chi connectivity index (χ1) is 6.75. The van der Waals surface area contributed by atoms with E-state index in [0.717, 1.165) is 32.4 Å². The van der Waals surface area contributed by atoms with Gasteiger partial charge in [-0.1, -0.05) is 13.3 Å². The Balaban J connectivity index is 1.97. The molecule has 0 aromatic heterocycles. The Labute approximate surface area is 86.4 Å². The first kappa shape index (κ1) is 11.5. The van der Waals surface area contributed by atoms with Crippen molar-refractivity contribution in [1.29, 1.82) is 0 Å². The summed E-state index contributed by atoms with van der Waals surface area (Å²) in [5, 5.41) is 2.98. The number of carbonyl (C=O) groups excluding carboxylic acids is 1. The molecule has 0 spiro atoms. The summed E-state index contributed by atoms with van der Waals surface area (Å²) >= 11 is 0. The number of hydrogen-bond donors (Lipinski definition) is 2. The van der Waals surface area contributed by atoms with Crippen LogP contribution < -0.4 is 11.1 Å². The Morgan fingerprint density at radius 1 is 1.43 bits per heavy atom. The average molecular weight is 198 g/mol. The molecular formula is C11H22N2O. The molecule has 1 amide bonds. The van der Waals surface area contributed by atoms with E-state index in [1.54, 1.807) is 0 Å². The van der Waals surface area contributed by atoms with E-state index in [0.29, 0.717) is 5.92 Å². The molecule has 0 aromatic carbocycles. The Morgan fingerprint density at radius 2 is 2.14 bits per heavy atom. The maximum atomic E-state index is 11.5. The molecule has 1 fully saturated rings. The minimum atomic E-state index is 0.226. The van der Waals surface area contributed by atoms with E-state index in [9.17, 15) is 4.79 Å². The van der Waals surface area contributed by atoms with E-state index in [2.05, 4.69) is 5.32 Å². The Kier molecular flexibility index (Phi) is 4.94. The van der Waals surface area contributed by atoms with Crippen LogP contribution in [-0.2, 0) is 4.79 Å². The number of rotatable bonds is 7. The third-order valence-electron chi connectivity index (χ3n) is 2.92. The van der Waals surface area contributed by atoms with Crippen molar-refractivity contribution in [3.05, 3.63) is 0 Å². The van der Waals surface area contributed by atoms with Crippen LogP contribution in [0, 0.1) is 11.8 Å². The summed E-state index contributed by atoms with van der Waals surface area (Å²) in [6, 6.07) is 0. The standard InChI is InChI=1S/C11H22N2O/c1-9(10-5-6-10)11(14)13-8-4-2-3-7-12/h9-10H,2-8,12H2,1H3,(H,13,14). The normalized spacial score (nSPS) is 17.9. The second kappa shape index (κ2) is 6.02. The van der Waals surface area contributed by atoms with Crippen molar-refractivity contribution in [2.24, 2.45) is 17.6 Å². The van der Waals surface area contributed by atoms with Gasteiger partial charge in [0.2, 0.25) is 5.91 Å². The molecule has 14 heavy (non-hydrogen) atoms. The third kappa shape index (κ3) is 4.09. The van der Waals surface area contributed by atoms with Crippen LogP contribution >= 0.6 is 0 Å². The van der Waals surface area contributed by atoms with Crippen LogP contribution in [0.2, 0.25) is 0 Å². The quantitative estimate of drug-likeness (QED) is 0.605. The fraction of sp³-hybridized carbons (Fsp3) is 0.909. The van der Waals surface area contributed by atoms with E-state index in [4.69, 9.17) is 5.73 Å². The van der Waals surface area contributed by atoms with Gasteiger partial charge in [-0.25, -0.2) is 0 Å². The van der Waals surface area contributed by atoms with E-state index in [1.807, 2.05) is 6.92 Å². The Bertz CT molecular complexity index is 178. The zero-order chi connectivity index (χ0) is 10.4. The van der Waals surface area contributed by atoms with Crippen LogP contribution in [-0.4, -0.2) is 19.0 Å². The van der Waals surface area contributed by atoms with Gasteiger partial charge in [0, 0.05) is 12.5 Å². The average Bonchev–Trinajstić information content (AvgIpc) is 2.99. The molecule has 0 heterocycles. The number of nitrogens with two attached hydrogens (primary N) is 1. The lowest BCUT2D eigenvalue weighted by Crippen LogP contribution is -2.31. The fourth-order valence-corrected chi connectivity index (χ4v) is 1.63. The van der Waals surface area contributed by atoms with Gasteiger partial charge in [0.15, 0.2) is 0 Å². The van der Waals surface area contributed by atoms with Crippen molar-refractivity contribution < 1.29 is 4.79 Å². The van der Waals surface area contributed by atoms with Gasteiger partial charge in [-0.15, -0.1) is 0 Å². The summed E-state index contributed by atoms with van der Waals surface area (Å²) in [6.07, 6.45) is 5.71. The molecule has 3 N–H and O–H groups in total. The molecule has 3 nitrogen and oxygen atoms in total. The Hall–Kier alpha value is -0.570. The number of carbonyl (C=O) groups is 1. The fourth-order valence-electron chi connectivity index (χ4n) is 1.63. The molecule has 1 aliphatic carbocycles. The van der Waals surface area contributed by atoms with Crippen LogP contribution in [0.5, 0.6) is 0 Å². The molecule has 0 aliphatic heterocycles. The smallest absolute Gasteiger partial charge is 0.223 e. The van der Waals surface area contributed by atoms with E-state index >= 15 is 0 Å². The highest BCUT2D eigenvalue weighted by Gasteiger charge is 2.32. The van der Waals surface area contributed by atoms with Crippen LogP contribution in [0.3, 0.4) is 0 Å². The van der Waals surface area contributed by atoms with Crippen LogP contribution in [0.1, 0.15) is 39.0 Å². The number of unbranched alkanes of at least 4 members (excludes halogenated alkanes) is 2. The first-order valence-corrected chi connectivity index (χ1v) is 5.73. The summed E-state index contributed by atoms with van der Waals surface area (Å²) in [5.41, 5.74) is 5.38. The van der Waals surface area contributed by atoms with Gasteiger partial charge in [0.25, 0.3) is 0 Å². The summed E-state index contributed by atoms with van der Waals surface area (Å²) in [5.74, 6) is 1.13. The van der Waals surface area contributed by atoms with Crippen LogP contribution in [0.25, 0.3) is 0 Å². The summed E-state index contributed by atoms with van der Waals surface area (Å²) in [4.78, 5) is 11.5. The van der Waals surface area contributed by atoms with Crippen molar-refractivity contribution in [2.45, 2.75) is 39.0 Å². The third-order valence-corrected chi connectivity index (χ3v) is 2.92. The lowest BCUT2D eigenvalue weighted by Gasteiger charge is -2.10. The van der Waals surface area contributed by atoms with E-state index in [1.165, 1.54) is 12.8 Å². The lowest BCUT2D eigenvalue weighted by atomic mass is 10.1. The van der Waals surface area contributed by atoms with Gasteiger partial charge in [-0.3, -0.25) is 4.79 Å². The summed E-state index contributed by atoms with van der Waals surface area (Å²) in [6.45, 7) is 3.61. The van der Waals surface area contributed by atoms with Crippen LogP contribution in [0.4, 0.5) is 0 Å². The Morgan fingerprint density at radius 3 is 2.71 bits per heavy atom. The van der Waals surface area contributed by atoms with Crippen molar-refractivity contribution in [1.82, 2.24) is 5.32 Å². The molecule has 1 rings (SSSR count). The highest BCUT2D eigenvalue weighted by molar-refractivity contribution is 5.78. The molecule has 3 heteroatoms. The molecule has 0 aromatic rings. The number of nitrogens with one attached hydrogen (secondary N) is 1. The van der Waals surface area contributed by atoms with Crippen molar-refractivity contribution in [3.63, 3.8) is 0 Å². The molecule has 1 aliphatic rings. The zero-order valence-electron chi connectivity index (χ0n) is 9.09. The maximum absolute atomic E-state index is 11.5. The van der Waals surface area contributed by atoms with Crippen LogP contribution in [0.15, 0.2) is 0 Å². The minimum absolute atomic E-state index is 0.226. The molecule has 0 bridgehead atoms. The van der Waals surface area contributed by atoms with Crippen molar-refractivity contribution in [3.8, 4) is 0 Å². The summed E-state index contributed by atoms with van der Waals surface area (Å²) < 4.78 is 0. The van der Waals surface area contributed by atoms with E-state index < -0.39 is 0 Å². The highest BCUT2D eigenvalue weighted by atomic mass is 16.1. The van der Waals surface area contributed by atoms with Gasteiger partial charge >= 0.3 is 0 Å². The lowest BCUT2D eigenvalue weighted by molar-refractivity contribution is -0.125. The predicted molar refractivity (Wildman–Crippen MR) is 57.8 cm³/mol. The minimum Gasteiger partial charge on any atom is -0.356 e. The highest BCUT2D eigenvalue weighted by Crippen LogP contribution is 2.36. The first-order valence-electron chi connectivity index (χ1n) is 5.73. The van der Waals surface area contributed by atoms with Crippen molar-refractivity contribution >= 4 is 5.91 Å². The van der Waals surface area contributed by atoms with Gasteiger partial charge in [-0.05, 0) is 38.1 Å². The van der Waals surface area contributed by atoms with Gasteiger partial charge in [0.05, 0.1) is 0 Å². The van der Waals surface area contributed by atoms with Crippen molar-refractivity contribution in [2.75, 3.05) is 13.1 Å². The molecule has 82 valence electrons. The predicted octanol–water partition coefficient (Wildman–Crippen LogP) is 1.28. The largest absolute Gasteiger partial charge is 0.356 e. The number of amides is 1. The maximum Gasteiger partial charge on any atom is 0.223 e. The molecule has 1 saturated carbocycles. The second-order valence-corrected chi connectivity index (χ2v) is 4.27. The molecule has 0 radical (unpaired) electrons. The topological polar surface area (TPSA) is 55.1 Å². The second-order valence-electron chi connectivity index (χ2n) is 4.27. The molecule has 1 unspecified atom stereocenters. The van der Waals surface area contributed by atoms with Gasteiger partial charge in [-0.2, -0.15) is 0 Å². The number of hydrogen-bond acceptors (Lipinski definition) is 2. The van der Waals surface area contributed by atoms with Gasteiger partial charge in [0.1, 0.15) is 0 Å². The molecular weight excluding hydrogens is 176 g/mol. The monoisotopic (exact) mass is 198 g/mol. The van der Waals surface area contributed by atoms with E-state index in [-0.39, 0.29) is 11.8 Å². The zero-order valence-corrected chi connectivity index (χ0v) is 9.09. The molecule has 1 atom stereocenters.